The lowest BCUT2D eigenvalue weighted by molar-refractivity contribution is 0.353. The number of aryl methyl sites for hydroxylation is 1. The maximum atomic E-state index is 13.4. The van der Waals surface area contributed by atoms with Gasteiger partial charge in [-0.3, -0.25) is 9.36 Å². The Hall–Kier alpha value is -3.03. The Labute approximate surface area is 156 Å². The number of aromatic nitrogens is 5. The van der Waals surface area contributed by atoms with Crippen LogP contribution in [0.25, 0.3) is 22.2 Å². The minimum absolute atomic E-state index is 0.0966. The summed E-state index contributed by atoms with van der Waals surface area (Å²) in [5.41, 5.74) is 8.32. The van der Waals surface area contributed by atoms with E-state index in [4.69, 9.17) is 10.5 Å². The van der Waals surface area contributed by atoms with Gasteiger partial charge in [0.05, 0.1) is 18.4 Å². The zero-order valence-corrected chi connectivity index (χ0v) is 15.5. The van der Waals surface area contributed by atoms with Crippen LogP contribution in [0.1, 0.15) is 43.8 Å². The zero-order chi connectivity index (χ0) is 19.0. The first kappa shape index (κ1) is 17.4. The van der Waals surface area contributed by atoms with Gasteiger partial charge in [-0.1, -0.05) is 19.3 Å². The van der Waals surface area contributed by atoms with Crippen molar-refractivity contribution < 1.29 is 4.74 Å². The van der Waals surface area contributed by atoms with Gasteiger partial charge in [-0.25, -0.2) is 15.0 Å². The lowest BCUT2D eigenvalue weighted by atomic mass is 9.94. The molecule has 1 saturated carbocycles. The lowest BCUT2D eigenvalue weighted by Crippen LogP contribution is -2.29. The Balaban J connectivity index is 1.99. The number of hydrogen-bond acceptors (Lipinski definition) is 7. The molecule has 3 heterocycles. The van der Waals surface area contributed by atoms with Crippen molar-refractivity contribution in [3.8, 4) is 17.1 Å². The number of nitrogens with two attached hydrogens (primary N) is 1. The van der Waals surface area contributed by atoms with Crippen LogP contribution in [0.5, 0.6) is 6.01 Å². The highest BCUT2D eigenvalue weighted by molar-refractivity contribution is 5.83. The predicted molar refractivity (Wildman–Crippen MR) is 103 cm³/mol. The van der Waals surface area contributed by atoms with Gasteiger partial charge in [0.2, 0.25) is 5.95 Å². The van der Waals surface area contributed by atoms with Crippen LogP contribution in [0.3, 0.4) is 0 Å². The van der Waals surface area contributed by atoms with E-state index in [0.717, 1.165) is 36.8 Å². The van der Waals surface area contributed by atoms with Gasteiger partial charge < -0.3 is 10.5 Å². The zero-order valence-electron chi connectivity index (χ0n) is 15.5. The van der Waals surface area contributed by atoms with Crippen LogP contribution < -0.4 is 16.0 Å². The minimum Gasteiger partial charge on any atom is -0.467 e. The maximum absolute atomic E-state index is 13.4. The number of methoxy groups -OCH3 is 1. The number of nitrogens with zero attached hydrogens (tertiary/aromatic N) is 5. The van der Waals surface area contributed by atoms with Crippen molar-refractivity contribution >= 4 is 17.0 Å². The summed E-state index contributed by atoms with van der Waals surface area (Å²) < 4.78 is 6.82. The van der Waals surface area contributed by atoms with Gasteiger partial charge >= 0.3 is 6.01 Å². The van der Waals surface area contributed by atoms with E-state index in [1.807, 2.05) is 13.0 Å². The Morgan fingerprint density at radius 1 is 1.15 bits per heavy atom. The van der Waals surface area contributed by atoms with E-state index in [9.17, 15) is 4.79 Å². The molecule has 1 aliphatic rings. The smallest absolute Gasteiger partial charge is 0.316 e. The molecule has 8 heteroatoms. The molecule has 2 N–H and O–H groups in total. The van der Waals surface area contributed by atoms with E-state index in [2.05, 4.69) is 19.9 Å². The van der Waals surface area contributed by atoms with Crippen LogP contribution >= 0.6 is 0 Å². The molecule has 0 aromatic carbocycles. The van der Waals surface area contributed by atoms with Gasteiger partial charge in [0.1, 0.15) is 5.65 Å². The fraction of sp³-hybridized carbons (Fsp3) is 0.421. The molecule has 0 atom stereocenters. The Morgan fingerprint density at radius 3 is 2.52 bits per heavy atom. The van der Waals surface area contributed by atoms with Crippen molar-refractivity contribution in [3.63, 3.8) is 0 Å². The lowest BCUT2D eigenvalue weighted by Gasteiger charge is -2.26. The highest BCUT2D eigenvalue weighted by Crippen LogP contribution is 2.31. The molecular weight excluding hydrogens is 344 g/mol. The summed E-state index contributed by atoms with van der Waals surface area (Å²) in [5, 5.41) is 0.820. The molecule has 4 rings (SSSR count). The van der Waals surface area contributed by atoms with Gasteiger partial charge in [0.15, 0.2) is 0 Å². The Bertz CT molecular complexity index is 1040. The molecular formula is C19H22N6O2. The first-order chi connectivity index (χ1) is 13.1. The number of nitrogen functional groups attached to an aromatic ring is 1. The molecule has 0 bridgehead atoms. The fourth-order valence-electron chi connectivity index (χ4n) is 3.82. The molecule has 27 heavy (non-hydrogen) atoms. The fourth-order valence-corrected chi connectivity index (χ4v) is 3.82. The quantitative estimate of drug-likeness (QED) is 0.759. The third kappa shape index (κ3) is 3.11. The first-order valence-electron chi connectivity index (χ1n) is 9.14. The van der Waals surface area contributed by atoms with Crippen LogP contribution in [-0.2, 0) is 0 Å². The summed E-state index contributed by atoms with van der Waals surface area (Å²) in [7, 11) is 1.51. The third-order valence-corrected chi connectivity index (χ3v) is 5.16. The second-order valence-electron chi connectivity index (χ2n) is 6.89. The van der Waals surface area contributed by atoms with Crippen LogP contribution in [0.4, 0.5) is 5.95 Å². The third-order valence-electron chi connectivity index (χ3n) is 5.16. The molecule has 140 valence electrons. The van der Waals surface area contributed by atoms with Crippen LogP contribution in [0.15, 0.2) is 23.3 Å². The monoisotopic (exact) mass is 366 g/mol. The predicted octanol–water partition coefficient (Wildman–Crippen LogP) is 2.65. The molecule has 0 aliphatic heterocycles. The Kier molecular flexibility index (Phi) is 4.47. The topological polar surface area (TPSA) is 109 Å². The molecule has 0 saturated heterocycles. The molecule has 1 fully saturated rings. The number of anilines is 1. The number of hydrogen-bond donors (Lipinski definition) is 1. The van der Waals surface area contributed by atoms with Crippen molar-refractivity contribution in [2.24, 2.45) is 0 Å². The molecule has 0 spiro atoms. The second-order valence-corrected chi connectivity index (χ2v) is 6.89. The van der Waals surface area contributed by atoms with Crippen molar-refractivity contribution in [2.75, 3.05) is 12.8 Å². The molecule has 3 aromatic rings. The molecule has 0 amide bonds. The average molecular weight is 366 g/mol. The summed E-state index contributed by atoms with van der Waals surface area (Å²) in [6, 6.07) is 2.19. The largest absolute Gasteiger partial charge is 0.467 e. The standard InChI is InChI=1S/C19H22N6O2/c1-11-14-8-15(12-9-21-19(27-2)22-10-12)17(26)25(13-6-4-3-5-7-13)16(14)24-18(20)23-11/h8-10,13H,3-7H2,1-2H3,(H2,20,23,24). The van der Waals surface area contributed by atoms with E-state index in [1.165, 1.54) is 13.5 Å². The highest BCUT2D eigenvalue weighted by atomic mass is 16.5. The van der Waals surface area contributed by atoms with E-state index in [1.54, 1.807) is 17.0 Å². The van der Waals surface area contributed by atoms with E-state index < -0.39 is 0 Å². The van der Waals surface area contributed by atoms with Crippen LogP contribution in [0.2, 0.25) is 0 Å². The van der Waals surface area contributed by atoms with Crippen molar-refractivity contribution in [1.82, 2.24) is 24.5 Å². The van der Waals surface area contributed by atoms with Gasteiger partial charge in [0.25, 0.3) is 5.56 Å². The summed E-state index contributed by atoms with van der Waals surface area (Å²) in [4.78, 5) is 30.4. The van der Waals surface area contributed by atoms with E-state index >= 15 is 0 Å². The van der Waals surface area contributed by atoms with Crippen LogP contribution in [0, 0.1) is 6.92 Å². The number of rotatable bonds is 3. The van der Waals surface area contributed by atoms with Crippen LogP contribution in [-0.4, -0.2) is 31.6 Å². The van der Waals surface area contributed by atoms with Crippen molar-refractivity contribution in [3.05, 3.63) is 34.5 Å². The van der Waals surface area contributed by atoms with Gasteiger partial charge in [0, 0.05) is 29.4 Å². The highest BCUT2D eigenvalue weighted by Gasteiger charge is 2.23. The summed E-state index contributed by atoms with van der Waals surface area (Å²) in [5.74, 6) is 0.185. The second kappa shape index (κ2) is 6.94. The van der Waals surface area contributed by atoms with Crippen molar-refractivity contribution in [1.29, 1.82) is 0 Å². The van der Waals surface area contributed by atoms with Gasteiger partial charge in [-0.05, 0) is 25.8 Å². The molecule has 0 unspecified atom stereocenters. The maximum Gasteiger partial charge on any atom is 0.316 e. The van der Waals surface area contributed by atoms with Gasteiger partial charge in [-0.15, -0.1) is 0 Å². The molecule has 0 radical (unpaired) electrons. The number of pyridine rings is 1. The molecule has 8 nitrogen and oxygen atoms in total. The number of fused-ring (bicyclic) bond motifs is 1. The molecule has 3 aromatic heterocycles. The minimum atomic E-state index is -0.0966. The first-order valence-corrected chi connectivity index (χ1v) is 9.14. The summed E-state index contributed by atoms with van der Waals surface area (Å²) in [6.07, 6.45) is 8.54. The van der Waals surface area contributed by atoms with Crippen molar-refractivity contribution in [2.45, 2.75) is 45.1 Å². The SMILES string of the molecule is COc1ncc(-c2cc3c(C)nc(N)nc3n(C3CCCCC3)c2=O)cn1. The van der Waals surface area contributed by atoms with E-state index in [-0.39, 0.29) is 23.6 Å². The normalized spacial score (nSPS) is 15.2. The summed E-state index contributed by atoms with van der Waals surface area (Å²) >= 11 is 0. The van der Waals surface area contributed by atoms with E-state index in [0.29, 0.717) is 16.8 Å². The average Bonchev–Trinajstić information content (AvgIpc) is 2.68. The molecule has 1 aliphatic carbocycles. The number of ether oxygens (including phenoxy) is 1. The summed E-state index contributed by atoms with van der Waals surface area (Å²) in [6.45, 7) is 1.88. The Morgan fingerprint density at radius 2 is 1.85 bits per heavy atom. The van der Waals surface area contributed by atoms with Gasteiger partial charge in [-0.2, -0.15) is 4.98 Å².